The maximum atomic E-state index is 11.8. The van der Waals surface area contributed by atoms with Crippen molar-refractivity contribution >= 4 is 5.91 Å². The molecular weight excluding hydrogens is 224 g/mol. The van der Waals surface area contributed by atoms with Gasteiger partial charge in [0.05, 0.1) is 0 Å². The number of carbonyl (C=O) groups excluding carboxylic acids is 1. The van der Waals surface area contributed by atoms with Crippen LogP contribution in [0.1, 0.15) is 48.0 Å². The van der Waals surface area contributed by atoms with Crippen LogP contribution >= 0.6 is 0 Å². The maximum absolute atomic E-state index is 11.8. The third kappa shape index (κ3) is 3.84. The summed E-state index contributed by atoms with van der Waals surface area (Å²) in [5.74, 6) is 0.566. The molecule has 0 saturated heterocycles. The van der Waals surface area contributed by atoms with Gasteiger partial charge in [-0.15, -0.1) is 0 Å². The summed E-state index contributed by atoms with van der Waals surface area (Å²) in [5.41, 5.74) is 7.69. The molecule has 100 valence electrons. The molecule has 2 N–H and O–H groups in total. The Balaban J connectivity index is 2.83. The van der Waals surface area contributed by atoms with Gasteiger partial charge < -0.3 is 10.6 Å². The van der Waals surface area contributed by atoms with E-state index in [1.807, 2.05) is 12.1 Å². The summed E-state index contributed by atoms with van der Waals surface area (Å²) in [6.45, 7) is 2.90. The van der Waals surface area contributed by atoms with E-state index < -0.39 is 0 Å². The van der Waals surface area contributed by atoms with E-state index in [1.54, 1.807) is 19.0 Å². The van der Waals surface area contributed by atoms with Crippen molar-refractivity contribution in [2.75, 3.05) is 20.6 Å². The third-order valence-corrected chi connectivity index (χ3v) is 3.19. The topological polar surface area (TPSA) is 46.3 Å². The Kier molecular flexibility index (Phi) is 5.86. The predicted molar refractivity (Wildman–Crippen MR) is 75.8 cm³/mol. The molecule has 0 aliphatic rings. The molecule has 0 fully saturated rings. The van der Waals surface area contributed by atoms with Crippen molar-refractivity contribution in [2.24, 2.45) is 5.73 Å². The second-order valence-corrected chi connectivity index (χ2v) is 4.88. The first kappa shape index (κ1) is 14.7. The molecule has 3 heteroatoms. The average molecular weight is 248 g/mol. The van der Waals surface area contributed by atoms with Crippen molar-refractivity contribution in [1.82, 2.24) is 4.90 Å². The molecule has 0 saturated carbocycles. The molecule has 0 aliphatic heterocycles. The first-order valence-corrected chi connectivity index (χ1v) is 6.61. The lowest BCUT2D eigenvalue weighted by Crippen LogP contribution is -2.21. The number of carbonyl (C=O) groups is 1. The molecule has 18 heavy (non-hydrogen) atoms. The van der Waals surface area contributed by atoms with Crippen LogP contribution in [-0.4, -0.2) is 31.4 Å². The van der Waals surface area contributed by atoms with Gasteiger partial charge >= 0.3 is 0 Å². The molecule has 1 amide bonds. The number of hydrogen-bond acceptors (Lipinski definition) is 2. The zero-order valence-corrected chi connectivity index (χ0v) is 11.6. The highest BCUT2D eigenvalue weighted by molar-refractivity contribution is 5.93. The van der Waals surface area contributed by atoms with E-state index in [0.717, 1.165) is 24.8 Å². The van der Waals surface area contributed by atoms with E-state index >= 15 is 0 Å². The number of benzene rings is 1. The molecule has 0 heterocycles. The second-order valence-electron chi connectivity index (χ2n) is 4.88. The van der Waals surface area contributed by atoms with Crippen LogP contribution in [0.5, 0.6) is 0 Å². The highest BCUT2D eigenvalue weighted by Crippen LogP contribution is 2.24. The van der Waals surface area contributed by atoms with E-state index in [1.165, 1.54) is 5.56 Å². The molecule has 0 bridgehead atoms. The summed E-state index contributed by atoms with van der Waals surface area (Å²) in [6.07, 6.45) is 3.32. The van der Waals surface area contributed by atoms with Gasteiger partial charge in [0.1, 0.15) is 0 Å². The quantitative estimate of drug-likeness (QED) is 0.841. The van der Waals surface area contributed by atoms with Crippen LogP contribution < -0.4 is 5.73 Å². The van der Waals surface area contributed by atoms with Crippen molar-refractivity contribution in [3.05, 3.63) is 35.4 Å². The molecule has 1 unspecified atom stereocenters. The Morgan fingerprint density at radius 2 is 1.83 bits per heavy atom. The standard InChI is InChI=1S/C15H24N2O/c1-4-5-12(10-11-16)13-6-8-14(9-7-13)15(18)17(2)3/h6-9,12H,4-5,10-11,16H2,1-3H3. The largest absolute Gasteiger partial charge is 0.345 e. The van der Waals surface area contributed by atoms with Crippen LogP contribution in [0.2, 0.25) is 0 Å². The normalized spacial score (nSPS) is 12.2. The van der Waals surface area contributed by atoms with Crippen molar-refractivity contribution in [3.8, 4) is 0 Å². The number of rotatable bonds is 6. The Labute approximate surface area is 110 Å². The van der Waals surface area contributed by atoms with Gasteiger partial charge in [0, 0.05) is 19.7 Å². The van der Waals surface area contributed by atoms with E-state index in [0.29, 0.717) is 12.5 Å². The van der Waals surface area contributed by atoms with E-state index in [4.69, 9.17) is 5.73 Å². The van der Waals surface area contributed by atoms with Gasteiger partial charge in [-0.05, 0) is 43.0 Å². The van der Waals surface area contributed by atoms with Gasteiger partial charge in [-0.25, -0.2) is 0 Å². The SMILES string of the molecule is CCCC(CCN)c1ccc(C(=O)N(C)C)cc1. The van der Waals surface area contributed by atoms with Crippen LogP contribution in [0.3, 0.4) is 0 Å². The lowest BCUT2D eigenvalue weighted by atomic mass is 9.91. The minimum Gasteiger partial charge on any atom is -0.345 e. The number of amides is 1. The molecule has 0 aliphatic carbocycles. The molecule has 1 aromatic rings. The predicted octanol–water partition coefficient (Wildman–Crippen LogP) is 2.62. The molecule has 3 nitrogen and oxygen atoms in total. The first-order chi connectivity index (χ1) is 8.60. The number of nitrogens with two attached hydrogens (primary N) is 1. The molecule has 0 radical (unpaired) electrons. The van der Waals surface area contributed by atoms with Gasteiger partial charge in [-0.2, -0.15) is 0 Å². The van der Waals surface area contributed by atoms with Crippen LogP contribution in [0.15, 0.2) is 24.3 Å². The van der Waals surface area contributed by atoms with Gasteiger partial charge in [-0.3, -0.25) is 4.79 Å². The van der Waals surface area contributed by atoms with E-state index in [-0.39, 0.29) is 5.91 Å². The fourth-order valence-electron chi connectivity index (χ4n) is 2.18. The molecule has 1 rings (SSSR count). The summed E-state index contributed by atoms with van der Waals surface area (Å²) < 4.78 is 0. The lowest BCUT2D eigenvalue weighted by molar-refractivity contribution is 0.0827. The maximum Gasteiger partial charge on any atom is 0.253 e. The third-order valence-electron chi connectivity index (χ3n) is 3.19. The van der Waals surface area contributed by atoms with Crippen LogP contribution in [0.25, 0.3) is 0 Å². The van der Waals surface area contributed by atoms with Gasteiger partial charge in [-0.1, -0.05) is 25.5 Å². The Morgan fingerprint density at radius 3 is 2.28 bits per heavy atom. The Morgan fingerprint density at radius 1 is 1.22 bits per heavy atom. The van der Waals surface area contributed by atoms with Crippen molar-refractivity contribution < 1.29 is 4.79 Å². The van der Waals surface area contributed by atoms with E-state index in [2.05, 4.69) is 19.1 Å². The highest BCUT2D eigenvalue weighted by Gasteiger charge is 2.12. The zero-order valence-electron chi connectivity index (χ0n) is 11.6. The Hall–Kier alpha value is -1.35. The van der Waals surface area contributed by atoms with Gasteiger partial charge in [0.15, 0.2) is 0 Å². The summed E-state index contributed by atoms with van der Waals surface area (Å²) in [6, 6.07) is 7.95. The lowest BCUT2D eigenvalue weighted by Gasteiger charge is -2.16. The summed E-state index contributed by atoms with van der Waals surface area (Å²) >= 11 is 0. The minimum atomic E-state index is 0.0485. The van der Waals surface area contributed by atoms with Crippen molar-refractivity contribution in [1.29, 1.82) is 0 Å². The number of nitrogens with zero attached hydrogens (tertiary/aromatic N) is 1. The molecule has 0 aromatic heterocycles. The van der Waals surface area contributed by atoms with Gasteiger partial charge in [0.2, 0.25) is 0 Å². The number of hydrogen-bond donors (Lipinski definition) is 1. The monoisotopic (exact) mass is 248 g/mol. The molecule has 1 aromatic carbocycles. The molecule has 1 atom stereocenters. The Bertz CT molecular complexity index is 365. The van der Waals surface area contributed by atoms with E-state index in [9.17, 15) is 4.79 Å². The summed E-state index contributed by atoms with van der Waals surface area (Å²) in [4.78, 5) is 13.4. The fourth-order valence-corrected chi connectivity index (χ4v) is 2.18. The fraction of sp³-hybridized carbons (Fsp3) is 0.533. The van der Waals surface area contributed by atoms with Crippen molar-refractivity contribution in [3.63, 3.8) is 0 Å². The minimum absolute atomic E-state index is 0.0485. The smallest absolute Gasteiger partial charge is 0.253 e. The van der Waals surface area contributed by atoms with Crippen molar-refractivity contribution in [2.45, 2.75) is 32.1 Å². The highest BCUT2D eigenvalue weighted by atomic mass is 16.2. The molecular formula is C15H24N2O. The first-order valence-electron chi connectivity index (χ1n) is 6.61. The molecule has 0 spiro atoms. The second kappa shape index (κ2) is 7.17. The van der Waals surface area contributed by atoms with Gasteiger partial charge in [0.25, 0.3) is 5.91 Å². The van der Waals surface area contributed by atoms with Crippen LogP contribution in [0, 0.1) is 0 Å². The van der Waals surface area contributed by atoms with Crippen LogP contribution in [-0.2, 0) is 0 Å². The van der Waals surface area contributed by atoms with Crippen LogP contribution in [0.4, 0.5) is 0 Å². The average Bonchev–Trinajstić information content (AvgIpc) is 2.38. The summed E-state index contributed by atoms with van der Waals surface area (Å²) in [7, 11) is 3.54. The summed E-state index contributed by atoms with van der Waals surface area (Å²) in [5, 5.41) is 0. The zero-order chi connectivity index (χ0) is 13.5.